The van der Waals surface area contributed by atoms with Crippen LogP contribution in [0.2, 0.25) is 0 Å². The molecule has 0 atom stereocenters. The van der Waals surface area contributed by atoms with E-state index in [0.29, 0.717) is 17.2 Å². The van der Waals surface area contributed by atoms with E-state index in [4.69, 9.17) is 15.2 Å². The number of hydrogen-bond donors (Lipinski definition) is 1. The van der Waals surface area contributed by atoms with Gasteiger partial charge in [0.15, 0.2) is 0 Å². The largest absolute Gasteiger partial charge is 0.497 e. The minimum atomic E-state index is -0.537. The number of nitrogens with zero attached hydrogens (tertiary/aromatic N) is 1. The molecule has 2 rings (SSSR count). The van der Waals surface area contributed by atoms with Crippen LogP contribution in [0, 0.1) is 10.1 Å². The van der Waals surface area contributed by atoms with E-state index in [0.717, 1.165) is 0 Å². The van der Waals surface area contributed by atoms with E-state index in [1.165, 1.54) is 18.2 Å². The molecule has 0 saturated carbocycles. The highest BCUT2D eigenvalue weighted by Gasteiger charge is 2.12. The standard InChI is InChI=1S/C13H12N2O4/c1-18-9-3-2-4-10(7-9)19-11-5-6-13(15(16)17)12(14)8-11/h2-8H,14H2,1H3. The molecule has 0 heterocycles. The fourth-order valence-electron chi connectivity index (χ4n) is 1.56. The lowest BCUT2D eigenvalue weighted by Crippen LogP contribution is -1.96. The number of ether oxygens (including phenoxy) is 2. The fourth-order valence-corrected chi connectivity index (χ4v) is 1.56. The number of rotatable bonds is 4. The first kappa shape index (κ1) is 12.7. The minimum absolute atomic E-state index is 0.0606. The Hall–Kier alpha value is -2.76. The van der Waals surface area contributed by atoms with Gasteiger partial charge in [0.1, 0.15) is 22.9 Å². The number of hydrogen-bond acceptors (Lipinski definition) is 5. The third kappa shape index (κ3) is 2.92. The highest BCUT2D eigenvalue weighted by molar-refractivity contribution is 5.61. The zero-order chi connectivity index (χ0) is 13.8. The van der Waals surface area contributed by atoms with Crippen molar-refractivity contribution in [2.45, 2.75) is 0 Å². The summed E-state index contributed by atoms with van der Waals surface area (Å²) in [5.74, 6) is 1.65. The van der Waals surface area contributed by atoms with Crippen molar-refractivity contribution in [3.05, 3.63) is 52.6 Å². The number of anilines is 1. The Kier molecular flexibility index (Phi) is 3.51. The molecule has 0 bridgehead atoms. The van der Waals surface area contributed by atoms with Gasteiger partial charge >= 0.3 is 0 Å². The van der Waals surface area contributed by atoms with Crippen molar-refractivity contribution in [2.75, 3.05) is 12.8 Å². The molecule has 0 fully saturated rings. The molecular formula is C13H12N2O4. The van der Waals surface area contributed by atoms with Crippen LogP contribution in [-0.4, -0.2) is 12.0 Å². The molecule has 0 saturated heterocycles. The van der Waals surface area contributed by atoms with Crippen molar-refractivity contribution < 1.29 is 14.4 Å². The topological polar surface area (TPSA) is 87.6 Å². The highest BCUT2D eigenvalue weighted by Crippen LogP contribution is 2.30. The second-order valence-corrected chi connectivity index (χ2v) is 3.76. The Morgan fingerprint density at radius 3 is 2.42 bits per heavy atom. The summed E-state index contributed by atoms with van der Waals surface area (Å²) >= 11 is 0. The van der Waals surface area contributed by atoms with Gasteiger partial charge in [0.2, 0.25) is 0 Å². The summed E-state index contributed by atoms with van der Waals surface area (Å²) in [7, 11) is 1.56. The van der Waals surface area contributed by atoms with Crippen LogP contribution in [0.15, 0.2) is 42.5 Å². The zero-order valence-electron chi connectivity index (χ0n) is 10.2. The normalized spacial score (nSPS) is 9.95. The molecule has 2 aromatic carbocycles. The maximum Gasteiger partial charge on any atom is 0.292 e. The maximum atomic E-state index is 10.6. The van der Waals surface area contributed by atoms with Crippen LogP contribution >= 0.6 is 0 Å². The molecule has 6 heteroatoms. The van der Waals surface area contributed by atoms with E-state index in [-0.39, 0.29) is 11.4 Å². The monoisotopic (exact) mass is 260 g/mol. The summed E-state index contributed by atoms with van der Waals surface area (Å²) in [5, 5.41) is 10.6. The molecule has 0 aliphatic carbocycles. The lowest BCUT2D eigenvalue weighted by atomic mass is 10.2. The molecule has 98 valence electrons. The molecule has 0 spiro atoms. The number of benzene rings is 2. The summed E-state index contributed by atoms with van der Waals surface area (Å²) in [5.41, 5.74) is 5.51. The predicted octanol–water partition coefficient (Wildman–Crippen LogP) is 2.98. The molecule has 2 aromatic rings. The Labute approximate surface area is 109 Å². The van der Waals surface area contributed by atoms with Crippen LogP contribution in [0.1, 0.15) is 0 Å². The van der Waals surface area contributed by atoms with Gasteiger partial charge in [0.05, 0.1) is 12.0 Å². The van der Waals surface area contributed by atoms with Crippen molar-refractivity contribution in [3.63, 3.8) is 0 Å². The Balaban J connectivity index is 2.23. The van der Waals surface area contributed by atoms with Gasteiger partial charge in [0, 0.05) is 18.2 Å². The van der Waals surface area contributed by atoms with Gasteiger partial charge in [-0.15, -0.1) is 0 Å². The van der Waals surface area contributed by atoms with Crippen molar-refractivity contribution in [2.24, 2.45) is 0 Å². The number of nitro benzene ring substituents is 1. The van der Waals surface area contributed by atoms with Gasteiger partial charge in [-0.05, 0) is 18.2 Å². The third-order valence-electron chi connectivity index (χ3n) is 2.47. The zero-order valence-corrected chi connectivity index (χ0v) is 10.2. The van der Waals surface area contributed by atoms with Gasteiger partial charge in [0.25, 0.3) is 5.69 Å². The first-order chi connectivity index (χ1) is 9.10. The molecule has 6 nitrogen and oxygen atoms in total. The van der Waals surface area contributed by atoms with Gasteiger partial charge in [-0.2, -0.15) is 0 Å². The highest BCUT2D eigenvalue weighted by atomic mass is 16.6. The van der Waals surface area contributed by atoms with Crippen LogP contribution in [0.25, 0.3) is 0 Å². The SMILES string of the molecule is COc1cccc(Oc2ccc([N+](=O)[O-])c(N)c2)c1. The molecular weight excluding hydrogens is 248 g/mol. The summed E-state index contributed by atoms with van der Waals surface area (Å²) in [6, 6.07) is 11.2. The van der Waals surface area contributed by atoms with Crippen molar-refractivity contribution in [3.8, 4) is 17.2 Å². The molecule has 0 unspecified atom stereocenters. The fraction of sp³-hybridized carbons (Fsp3) is 0.0769. The second kappa shape index (κ2) is 5.26. The Morgan fingerprint density at radius 2 is 1.79 bits per heavy atom. The lowest BCUT2D eigenvalue weighted by Gasteiger charge is -2.07. The molecule has 0 aliphatic rings. The molecule has 19 heavy (non-hydrogen) atoms. The van der Waals surface area contributed by atoms with Crippen molar-refractivity contribution in [1.82, 2.24) is 0 Å². The molecule has 2 N–H and O–H groups in total. The van der Waals surface area contributed by atoms with Crippen LogP contribution in [-0.2, 0) is 0 Å². The summed E-state index contributed by atoms with van der Waals surface area (Å²) in [6.45, 7) is 0. The van der Waals surface area contributed by atoms with Crippen LogP contribution in [0.5, 0.6) is 17.2 Å². The number of nitrogens with two attached hydrogens (primary N) is 1. The second-order valence-electron chi connectivity index (χ2n) is 3.76. The summed E-state index contributed by atoms with van der Waals surface area (Å²) < 4.78 is 10.6. The van der Waals surface area contributed by atoms with E-state index in [1.807, 2.05) is 0 Å². The molecule has 0 aliphatic heterocycles. The van der Waals surface area contributed by atoms with Gasteiger partial charge in [-0.3, -0.25) is 10.1 Å². The van der Waals surface area contributed by atoms with Crippen molar-refractivity contribution in [1.29, 1.82) is 0 Å². The molecule has 0 amide bonds. The van der Waals surface area contributed by atoms with Gasteiger partial charge < -0.3 is 15.2 Å². The van der Waals surface area contributed by atoms with Crippen LogP contribution in [0.3, 0.4) is 0 Å². The maximum absolute atomic E-state index is 10.6. The average Bonchev–Trinajstić information content (AvgIpc) is 2.38. The van der Waals surface area contributed by atoms with E-state index in [9.17, 15) is 10.1 Å². The summed E-state index contributed by atoms with van der Waals surface area (Å²) in [4.78, 5) is 10.1. The van der Waals surface area contributed by atoms with Gasteiger partial charge in [-0.1, -0.05) is 6.07 Å². The summed E-state index contributed by atoms with van der Waals surface area (Å²) in [6.07, 6.45) is 0. The number of nitrogen functional groups attached to an aromatic ring is 1. The van der Waals surface area contributed by atoms with E-state index < -0.39 is 4.92 Å². The molecule has 0 aromatic heterocycles. The smallest absolute Gasteiger partial charge is 0.292 e. The van der Waals surface area contributed by atoms with E-state index in [2.05, 4.69) is 0 Å². The first-order valence-corrected chi connectivity index (χ1v) is 5.46. The van der Waals surface area contributed by atoms with E-state index in [1.54, 1.807) is 31.4 Å². The quantitative estimate of drug-likeness (QED) is 0.518. The number of methoxy groups -OCH3 is 1. The Morgan fingerprint density at radius 1 is 1.11 bits per heavy atom. The van der Waals surface area contributed by atoms with Crippen LogP contribution < -0.4 is 15.2 Å². The van der Waals surface area contributed by atoms with E-state index >= 15 is 0 Å². The average molecular weight is 260 g/mol. The van der Waals surface area contributed by atoms with Crippen molar-refractivity contribution >= 4 is 11.4 Å². The predicted molar refractivity (Wildman–Crippen MR) is 70.6 cm³/mol. The first-order valence-electron chi connectivity index (χ1n) is 5.46. The van der Waals surface area contributed by atoms with Crippen LogP contribution in [0.4, 0.5) is 11.4 Å². The van der Waals surface area contributed by atoms with Gasteiger partial charge in [-0.25, -0.2) is 0 Å². The molecule has 0 radical (unpaired) electrons. The number of nitro groups is 1. The Bertz CT molecular complexity index is 613. The third-order valence-corrected chi connectivity index (χ3v) is 2.47. The minimum Gasteiger partial charge on any atom is -0.497 e. The lowest BCUT2D eigenvalue weighted by molar-refractivity contribution is -0.383.